The summed E-state index contributed by atoms with van der Waals surface area (Å²) in [7, 11) is 0. The summed E-state index contributed by atoms with van der Waals surface area (Å²) in [4.78, 5) is 4.61. The zero-order chi connectivity index (χ0) is 24.6. The molecule has 6 rings (SSSR count). The fourth-order valence-corrected chi connectivity index (χ4v) is 4.27. The van der Waals surface area contributed by atoms with E-state index < -0.39 is 0 Å². The van der Waals surface area contributed by atoms with Gasteiger partial charge in [-0.3, -0.25) is 4.98 Å². The number of nitrogens with zero attached hydrogens (tertiary/aromatic N) is 1. The summed E-state index contributed by atoms with van der Waals surface area (Å²) in [6, 6.07) is 36.4. The maximum atomic E-state index is 4.61. The summed E-state index contributed by atoms with van der Waals surface area (Å²) in [6.45, 7) is 6.85. The van der Waals surface area contributed by atoms with E-state index in [1.54, 1.807) is 23.3 Å². The second kappa shape index (κ2) is 15.4. The van der Waals surface area contributed by atoms with Gasteiger partial charge in [-0.25, -0.2) is 0 Å². The summed E-state index contributed by atoms with van der Waals surface area (Å²) in [5.41, 5.74) is 5.16. The third-order valence-corrected chi connectivity index (χ3v) is 5.80. The zero-order valence-corrected chi connectivity index (χ0v) is 26.5. The van der Waals surface area contributed by atoms with Gasteiger partial charge in [-0.1, -0.05) is 49.2 Å². The second-order valence-electron chi connectivity index (χ2n) is 8.99. The van der Waals surface area contributed by atoms with Crippen LogP contribution in [-0.2, 0) is 29.8 Å². The van der Waals surface area contributed by atoms with Crippen LogP contribution in [0.3, 0.4) is 0 Å². The van der Waals surface area contributed by atoms with Crippen molar-refractivity contribution in [2.75, 3.05) is 0 Å². The molecule has 0 amide bonds. The predicted octanol–water partition coefficient (Wildman–Crippen LogP) is 3.08. The van der Waals surface area contributed by atoms with Gasteiger partial charge < -0.3 is 24.8 Å². The summed E-state index contributed by atoms with van der Waals surface area (Å²) in [6.07, 6.45) is 4.32. The van der Waals surface area contributed by atoms with Crippen LogP contribution >= 0.6 is 0 Å². The Morgan fingerprint density at radius 2 is 1.49 bits per heavy atom. The molecule has 0 bridgehead atoms. The average Bonchev–Trinajstić information content (AvgIpc) is 3.50. The van der Waals surface area contributed by atoms with Gasteiger partial charge in [0.15, 0.2) is 0 Å². The maximum Gasteiger partial charge on any atom is -0.0809 e. The molecule has 0 aliphatic carbocycles. The number of aryl methyl sites for hydroxylation is 1. The first-order chi connectivity index (χ1) is 17.0. The zero-order valence-electron chi connectivity index (χ0n) is 21.5. The van der Waals surface area contributed by atoms with Crippen LogP contribution in [0.1, 0.15) is 18.9 Å². The fourth-order valence-electron chi connectivity index (χ4n) is 4.27. The molecule has 0 atom stereocenters. The molecule has 0 aliphatic heterocycles. The van der Waals surface area contributed by atoms with Gasteiger partial charge >= 0.3 is 41.9 Å². The number of para-hydroxylation sites is 1. The SMILES string of the molecule is CCCc1cc2c(-c3cnc4ccccc4c3)cccc2[cH-]1.C[Si](C)=[Zr+2].[Cl-].[Cl-].c1ccc2[cH-]ccc2c1. The number of benzene rings is 3. The van der Waals surface area contributed by atoms with Gasteiger partial charge in [-0.2, -0.15) is 23.6 Å². The van der Waals surface area contributed by atoms with Crippen molar-refractivity contribution in [1.29, 1.82) is 0 Å². The first-order valence-electron chi connectivity index (χ1n) is 12.2. The Balaban J connectivity index is 0.000000268. The molecule has 0 unspecified atom stereocenters. The molecular formula is C32H31Cl2NSiZr-2. The molecule has 0 saturated heterocycles. The summed E-state index contributed by atoms with van der Waals surface area (Å²) < 4.78 is 0. The van der Waals surface area contributed by atoms with E-state index in [1.807, 2.05) is 12.3 Å². The van der Waals surface area contributed by atoms with Gasteiger partial charge in [-0.05, 0) is 24.1 Å². The van der Waals surface area contributed by atoms with Crippen molar-refractivity contribution < 1.29 is 48.1 Å². The van der Waals surface area contributed by atoms with Crippen molar-refractivity contribution in [3.8, 4) is 11.1 Å². The van der Waals surface area contributed by atoms with E-state index in [4.69, 9.17) is 0 Å². The Kier molecular flexibility index (Phi) is 13.0. The summed E-state index contributed by atoms with van der Waals surface area (Å²) in [5, 5.41) is 6.52. The van der Waals surface area contributed by atoms with E-state index in [1.165, 1.54) is 50.0 Å². The molecular weight excluding hydrogens is 589 g/mol. The Morgan fingerprint density at radius 1 is 0.811 bits per heavy atom. The minimum atomic E-state index is 0. The third-order valence-electron chi connectivity index (χ3n) is 5.80. The predicted molar refractivity (Wildman–Crippen MR) is 151 cm³/mol. The molecule has 37 heavy (non-hydrogen) atoms. The Hall–Kier alpha value is -2.03. The van der Waals surface area contributed by atoms with Gasteiger partial charge in [0.05, 0.1) is 5.52 Å². The number of hydrogen-bond acceptors (Lipinski definition) is 1. The van der Waals surface area contributed by atoms with Crippen LogP contribution < -0.4 is 24.8 Å². The molecule has 1 aromatic heterocycles. The van der Waals surface area contributed by atoms with E-state index in [0.717, 1.165) is 11.9 Å². The van der Waals surface area contributed by atoms with Crippen LogP contribution in [0.25, 0.3) is 43.6 Å². The van der Waals surface area contributed by atoms with E-state index in [0.29, 0.717) is 0 Å². The van der Waals surface area contributed by atoms with Crippen molar-refractivity contribution in [1.82, 2.24) is 4.98 Å². The summed E-state index contributed by atoms with van der Waals surface area (Å²) >= 11 is 1.74. The molecule has 6 aromatic rings. The Labute approximate surface area is 248 Å². The van der Waals surface area contributed by atoms with Crippen LogP contribution in [0.4, 0.5) is 0 Å². The standard InChI is InChI=1S/C21H18N.C9H7.C2H6Si.2ClH.Zr/c1-2-6-15-11-16-8-5-9-19(20(16)12-15)18-13-17-7-3-4-10-21(17)22-14-18;1-2-5-9-7-3-6-8(9)4-1;1-3-2;;;/h3-5,7-14H,2,6H2,1H3;1-7H;1-2H3;2*1H;/q2*-1;;;;+2/p-2. The van der Waals surface area contributed by atoms with Crippen LogP contribution in [0.5, 0.6) is 0 Å². The first kappa shape index (κ1) is 31.2. The van der Waals surface area contributed by atoms with Crippen molar-refractivity contribution in [3.05, 3.63) is 115 Å². The number of rotatable bonds is 3. The largest absolute Gasteiger partial charge is 1.00 e. The number of halogens is 2. The van der Waals surface area contributed by atoms with E-state index in [2.05, 4.69) is 122 Å². The molecule has 1 nitrogen and oxygen atoms in total. The van der Waals surface area contributed by atoms with Crippen molar-refractivity contribution in [3.63, 3.8) is 0 Å². The van der Waals surface area contributed by atoms with Gasteiger partial charge in [-0.15, -0.1) is 64.2 Å². The molecule has 0 radical (unpaired) electrons. The molecule has 1 heterocycles. The Bertz CT molecular complexity index is 1530. The number of fused-ring (bicyclic) bond motifs is 3. The van der Waals surface area contributed by atoms with Crippen molar-refractivity contribution >= 4 is 37.9 Å². The van der Waals surface area contributed by atoms with Crippen LogP contribution in [0.15, 0.2) is 109 Å². The van der Waals surface area contributed by atoms with Crippen LogP contribution in [0, 0.1) is 0 Å². The number of hydrogen-bond donors (Lipinski definition) is 0. The molecule has 0 spiro atoms. The molecule has 188 valence electrons. The van der Waals surface area contributed by atoms with Gasteiger partial charge in [0.1, 0.15) is 0 Å². The van der Waals surface area contributed by atoms with E-state index in [-0.39, 0.29) is 30.2 Å². The normalized spacial score (nSPS) is 9.97. The van der Waals surface area contributed by atoms with E-state index in [9.17, 15) is 0 Å². The fraction of sp³-hybridized carbons (Fsp3) is 0.156. The van der Waals surface area contributed by atoms with Gasteiger partial charge in [0, 0.05) is 11.6 Å². The topological polar surface area (TPSA) is 12.9 Å². The van der Waals surface area contributed by atoms with Crippen molar-refractivity contribution in [2.24, 2.45) is 0 Å². The van der Waals surface area contributed by atoms with Crippen molar-refractivity contribution in [2.45, 2.75) is 32.9 Å². The monoisotopic (exact) mass is 617 g/mol. The first-order valence-corrected chi connectivity index (χ1v) is 18.4. The van der Waals surface area contributed by atoms with Gasteiger partial charge in [0.2, 0.25) is 0 Å². The second-order valence-corrected chi connectivity index (χ2v) is 18.4. The third kappa shape index (κ3) is 8.48. The molecule has 0 aliphatic rings. The molecule has 5 aromatic carbocycles. The molecule has 0 saturated carbocycles. The van der Waals surface area contributed by atoms with Crippen LogP contribution in [0.2, 0.25) is 13.1 Å². The quantitative estimate of drug-likeness (QED) is 0.219. The maximum absolute atomic E-state index is 4.61. The van der Waals surface area contributed by atoms with Crippen LogP contribution in [-0.4, -0.2) is 10.4 Å². The molecule has 0 fully saturated rings. The Morgan fingerprint density at radius 3 is 2.22 bits per heavy atom. The molecule has 5 heteroatoms. The smallest absolute Gasteiger partial charge is 0.0809 e. The number of aromatic nitrogens is 1. The summed E-state index contributed by atoms with van der Waals surface area (Å²) in [5.74, 6) is 0. The van der Waals surface area contributed by atoms with E-state index >= 15 is 0 Å². The minimum absolute atomic E-state index is 0. The minimum Gasteiger partial charge on any atom is -1.00 e. The van der Waals surface area contributed by atoms with Gasteiger partial charge in [0.25, 0.3) is 0 Å². The average molecular weight is 620 g/mol. The number of pyridine rings is 1. The molecule has 0 N–H and O–H groups in total.